The van der Waals surface area contributed by atoms with Crippen LogP contribution in [0.2, 0.25) is 0 Å². The molecule has 0 saturated heterocycles. The van der Waals surface area contributed by atoms with Crippen LogP contribution in [-0.2, 0) is 11.3 Å². The van der Waals surface area contributed by atoms with Gasteiger partial charge in [0.2, 0.25) is 5.91 Å². The molecule has 0 aromatic heterocycles. The van der Waals surface area contributed by atoms with Gasteiger partial charge in [0.15, 0.2) is 0 Å². The summed E-state index contributed by atoms with van der Waals surface area (Å²) in [7, 11) is 0. The van der Waals surface area contributed by atoms with Crippen LogP contribution < -0.4 is 11.1 Å². The van der Waals surface area contributed by atoms with Crippen LogP contribution in [0, 0.1) is 12.8 Å². The molecule has 1 aliphatic carbocycles. The minimum atomic E-state index is -0.666. The third-order valence-corrected chi connectivity index (χ3v) is 4.19. The maximum absolute atomic E-state index is 12.3. The summed E-state index contributed by atoms with van der Waals surface area (Å²) >= 11 is 0. The van der Waals surface area contributed by atoms with Gasteiger partial charge in [-0.1, -0.05) is 44.0 Å². The van der Waals surface area contributed by atoms with Gasteiger partial charge in [0.1, 0.15) is 0 Å². The lowest BCUT2D eigenvalue weighted by Crippen LogP contribution is -2.56. The summed E-state index contributed by atoms with van der Waals surface area (Å²) in [5, 5.41) is 3.01. The molecule has 1 aromatic rings. The van der Waals surface area contributed by atoms with Crippen molar-refractivity contribution in [3.05, 3.63) is 35.4 Å². The second-order valence-corrected chi connectivity index (χ2v) is 5.97. The van der Waals surface area contributed by atoms with Crippen LogP contribution in [-0.4, -0.2) is 11.4 Å². The van der Waals surface area contributed by atoms with Crippen molar-refractivity contribution in [2.45, 2.75) is 51.6 Å². The third kappa shape index (κ3) is 3.35. The van der Waals surface area contributed by atoms with Gasteiger partial charge in [0.25, 0.3) is 0 Å². The molecule has 1 saturated carbocycles. The third-order valence-electron chi connectivity index (χ3n) is 4.19. The molecule has 0 heterocycles. The summed E-state index contributed by atoms with van der Waals surface area (Å²) in [6, 6.07) is 8.11. The Balaban J connectivity index is 1.96. The van der Waals surface area contributed by atoms with Crippen LogP contribution in [0.25, 0.3) is 0 Å². The monoisotopic (exact) mass is 260 g/mol. The standard InChI is InChI=1S/C16H24N2O/c1-12-6-5-9-16(17,10-12)15(19)18-11-14-8-4-3-7-13(14)2/h3-4,7-8,12H,5-6,9-11,17H2,1-2H3,(H,18,19). The molecule has 0 radical (unpaired) electrons. The molecule has 2 atom stereocenters. The zero-order valence-corrected chi connectivity index (χ0v) is 11.9. The number of carbonyl (C=O) groups is 1. The molecule has 0 spiro atoms. The van der Waals surface area contributed by atoms with E-state index in [1.165, 1.54) is 12.0 Å². The van der Waals surface area contributed by atoms with Crippen LogP contribution in [0.4, 0.5) is 0 Å². The molecular formula is C16H24N2O. The Morgan fingerprint density at radius 2 is 2.21 bits per heavy atom. The molecule has 2 rings (SSSR count). The van der Waals surface area contributed by atoms with Crippen LogP contribution in [0.1, 0.15) is 43.7 Å². The number of rotatable bonds is 3. The van der Waals surface area contributed by atoms with Crippen LogP contribution in [0.15, 0.2) is 24.3 Å². The smallest absolute Gasteiger partial charge is 0.240 e. The SMILES string of the molecule is Cc1ccccc1CNC(=O)C1(N)CCCC(C)C1. The minimum absolute atomic E-state index is 0.00213. The Kier molecular flexibility index (Phi) is 4.25. The van der Waals surface area contributed by atoms with Gasteiger partial charge in [0.05, 0.1) is 5.54 Å². The van der Waals surface area contributed by atoms with E-state index in [-0.39, 0.29) is 5.91 Å². The van der Waals surface area contributed by atoms with Gasteiger partial charge in [-0.15, -0.1) is 0 Å². The summed E-state index contributed by atoms with van der Waals surface area (Å²) in [5.41, 5.74) is 7.97. The van der Waals surface area contributed by atoms with E-state index in [1.54, 1.807) is 0 Å². The highest BCUT2D eigenvalue weighted by molar-refractivity contribution is 5.86. The van der Waals surface area contributed by atoms with Crippen molar-refractivity contribution in [1.82, 2.24) is 5.32 Å². The summed E-state index contributed by atoms with van der Waals surface area (Å²) < 4.78 is 0. The lowest BCUT2D eigenvalue weighted by atomic mass is 9.76. The molecule has 3 N–H and O–H groups in total. The molecule has 3 heteroatoms. The lowest BCUT2D eigenvalue weighted by molar-refractivity contribution is -0.128. The minimum Gasteiger partial charge on any atom is -0.350 e. The Bertz CT molecular complexity index is 458. The number of aryl methyl sites for hydroxylation is 1. The largest absolute Gasteiger partial charge is 0.350 e. The first-order chi connectivity index (χ1) is 9.01. The van der Waals surface area contributed by atoms with Crippen molar-refractivity contribution in [2.24, 2.45) is 11.7 Å². The van der Waals surface area contributed by atoms with Gasteiger partial charge >= 0.3 is 0 Å². The number of nitrogens with one attached hydrogen (secondary N) is 1. The first-order valence-electron chi connectivity index (χ1n) is 7.13. The predicted molar refractivity (Wildman–Crippen MR) is 77.6 cm³/mol. The molecule has 2 unspecified atom stereocenters. The first-order valence-corrected chi connectivity index (χ1v) is 7.13. The summed E-state index contributed by atoms with van der Waals surface area (Å²) in [4.78, 5) is 12.3. The second-order valence-electron chi connectivity index (χ2n) is 5.97. The van der Waals surface area contributed by atoms with Crippen molar-refractivity contribution in [2.75, 3.05) is 0 Å². The first kappa shape index (κ1) is 14.1. The highest BCUT2D eigenvalue weighted by Gasteiger charge is 2.37. The summed E-state index contributed by atoms with van der Waals surface area (Å²) in [6.45, 7) is 4.80. The topological polar surface area (TPSA) is 55.1 Å². The van der Waals surface area contributed by atoms with E-state index in [0.717, 1.165) is 24.8 Å². The van der Waals surface area contributed by atoms with Gasteiger partial charge in [-0.2, -0.15) is 0 Å². The quantitative estimate of drug-likeness (QED) is 0.877. The van der Waals surface area contributed by atoms with Gasteiger partial charge in [0, 0.05) is 6.54 Å². The van der Waals surface area contributed by atoms with Crippen LogP contribution >= 0.6 is 0 Å². The molecule has 1 aliphatic rings. The van der Waals surface area contributed by atoms with Crippen molar-refractivity contribution in [1.29, 1.82) is 0 Å². The predicted octanol–water partition coefficient (Wildman–Crippen LogP) is 2.52. The molecule has 1 amide bonds. The van der Waals surface area contributed by atoms with E-state index in [1.807, 2.05) is 18.2 Å². The number of benzene rings is 1. The number of hydrogen-bond acceptors (Lipinski definition) is 2. The van der Waals surface area contributed by atoms with Gasteiger partial charge < -0.3 is 11.1 Å². The lowest BCUT2D eigenvalue weighted by Gasteiger charge is -2.35. The Hall–Kier alpha value is -1.35. The molecule has 1 aromatic carbocycles. The van der Waals surface area contributed by atoms with E-state index < -0.39 is 5.54 Å². The molecular weight excluding hydrogens is 236 g/mol. The summed E-state index contributed by atoms with van der Waals surface area (Å²) in [6.07, 6.45) is 3.84. The molecule has 0 bridgehead atoms. The highest BCUT2D eigenvalue weighted by atomic mass is 16.2. The number of carbonyl (C=O) groups excluding carboxylic acids is 1. The zero-order valence-electron chi connectivity index (χ0n) is 11.9. The zero-order chi connectivity index (χ0) is 13.9. The molecule has 104 valence electrons. The van der Waals surface area contributed by atoms with E-state index in [0.29, 0.717) is 12.5 Å². The van der Waals surface area contributed by atoms with E-state index in [4.69, 9.17) is 5.73 Å². The van der Waals surface area contributed by atoms with Gasteiger partial charge in [-0.25, -0.2) is 0 Å². The van der Waals surface area contributed by atoms with Crippen LogP contribution in [0.3, 0.4) is 0 Å². The average molecular weight is 260 g/mol. The Labute approximate surface area is 115 Å². The Morgan fingerprint density at radius 3 is 2.89 bits per heavy atom. The van der Waals surface area contributed by atoms with E-state index in [9.17, 15) is 4.79 Å². The van der Waals surface area contributed by atoms with Crippen molar-refractivity contribution < 1.29 is 4.79 Å². The molecule has 1 fully saturated rings. The maximum atomic E-state index is 12.3. The molecule has 19 heavy (non-hydrogen) atoms. The van der Waals surface area contributed by atoms with Crippen molar-refractivity contribution >= 4 is 5.91 Å². The normalized spacial score (nSPS) is 27.0. The summed E-state index contributed by atoms with van der Waals surface area (Å²) in [5.74, 6) is 0.547. The maximum Gasteiger partial charge on any atom is 0.240 e. The fourth-order valence-corrected chi connectivity index (χ4v) is 2.96. The van der Waals surface area contributed by atoms with Crippen molar-refractivity contribution in [3.8, 4) is 0 Å². The van der Waals surface area contributed by atoms with Gasteiger partial charge in [-0.3, -0.25) is 4.79 Å². The molecule has 0 aliphatic heterocycles. The number of hydrogen-bond donors (Lipinski definition) is 2. The second kappa shape index (κ2) is 5.74. The highest BCUT2D eigenvalue weighted by Crippen LogP contribution is 2.30. The number of amides is 1. The molecule has 3 nitrogen and oxygen atoms in total. The fourth-order valence-electron chi connectivity index (χ4n) is 2.96. The average Bonchev–Trinajstić information content (AvgIpc) is 2.37. The van der Waals surface area contributed by atoms with Crippen LogP contribution in [0.5, 0.6) is 0 Å². The fraction of sp³-hybridized carbons (Fsp3) is 0.562. The van der Waals surface area contributed by atoms with E-state index >= 15 is 0 Å². The Morgan fingerprint density at radius 1 is 1.47 bits per heavy atom. The van der Waals surface area contributed by atoms with Gasteiger partial charge in [-0.05, 0) is 36.8 Å². The van der Waals surface area contributed by atoms with Crippen molar-refractivity contribution in [3.63, 3.8) is 0 Å². The number of nitrogens with two attached hydrogens (primary N) is 1. The van der Waals surface area contributed by atoms with E-state index in [2.05, 4.69) is 25.2 Å².